The first-order chi connectivity index (χ1) is 8.29. The molecule has 18 heavy (non-hydrogen) atoms. The van der Waals surface area contributed by atoms with Crippen molar-refractivity contribution in [3.8, 4) is 0 Å². The molecular weight excluding hydrogens is 313 g/mol. The molecule has 0 unspecified atom stereocenters. The van der Waals surface area contributed by atoms with E-state index in [0.29, 0.717) is 13.1 Å². The van der Waals surface area contributed by atoms with Gasteiger partial charge < -0.3 is 10.6 Å². The minimum absolute atomic E-state index is 0.0254. The summed E-state index contributed by atoms with van der Waals surface area (Å²) < 4.78 is 38.0. The van der Waals surface area contributed by atoms with E-state index >= 15 is 0 Å². The molecule has 1 aliphatic heterocycles. The molecule has 3 nitrogen and oxygen atoms in total. The topological polar surface area (TPSA) is 46.3 Å². The van der Waals surface area contributed by atoms with Crippen LogP contribution in [0.4, 0.5) is 13.2 Å². The second-order valence-corrected chi connectivity index (χ2v) is 5.02. The maximum Gasteiger partial charge on any atom is 0.417 e. The second kappa shape index (κ2) is 4.55. The third kappa shape index (κ3) is 2.51. The summed E-state index contributed by atoms with van der Waals surface area (Å²) in [4.78, 5) is 13.3. The van der Waals surface area contributed by atoms with Crippen LogP contribution in [0, 0.1) is 0 Å². The lowest BCUT2D eigenvalue weighted by Crippen LogP contribution is -2.57. The highest BCUT2D eigenvalue weighted by Crippen LogP contribution is 2.35. The molecule has 1 fully saturated rings. The minimum Gasteiger partial charge on any atom is -0.335 e. The number of carbonyl (C=O) groups excluding carboxylic acids is 1. The van der Waals surface area contributed by atoms with Gasteiger partial charge in [0.1, 0.15) is 0 Å². The minimum atomic E-state index is -4.49. The Balaban J connectivity index is 2.27. The maximum atomic E-state index is 12.7. The highest BCUT2D eigenvalue weighted by Gasteiger charge is 2.35. The first kappa shape index (κ1) is 13.4. The largest absolute Gasteiger partial charge is 0.417 e. The fourth-order valence-corrected chi connectivity index (χ4v) is 2.21. The predicted octanol–water partition coefficient (Wildman–Crippen LogP) is 2.25. The SMILES string of the molecule is NC1CN(C(=O)c2ccc(Br)c(C(F)(F)F)c2)C1. The van der Waals surface area contributed by atoms with E-state index in [1.807, 2.05) is 0 Å². The van der Waals surface area contributed by atoms with Crippen molar-refractivity contribution in [3.63, 3.8) is 0 Å². The van der Waals surface area contributed by atoms with Gasteiger partial charge in [0.05, 0.1) is 5.56 Å². The van der Waals surface area contributed by atoms with Gasteiger partial charge in [-0.2, -0.15) is 13.2 Å². The van der Waals surface area contributed by atoms with E-state index in [-0.39, 0.29) is 16.1 Å². The van der Waals surface area contributed by atoms with E-state index in [0.717, 1.165) is 6.07 Å². The van der Waals surface area contributed by atoms with Crippen molar-refractivity contribution in [2.45, 2.75) is 12.2 Å². The molecule has 0 aliphatic carbocycles. The van der Waals surface area contributed by atoms with Crippen LogP contribution < -0.4 is 5.73 Å². The lowest BCUT2D eigenvalue weighted by atomic mass is 10.1. The molecule has 1 saturated heterocycles. The molecule has 1 aliphatic rings. The fourth-order valence-electron chi connectivity index (χ4n) is 1.74. The first-order valence-electron chi connectivity index (χ1n) is 5.20. The third-order valence-electron chi connectivity index (χ3n) is 2.72. The van der Waals surface area contributed by atoms with Gasteiger partial charge in [-0.1, -0.05) is 15.9 Å². The van der Waals surface area contributed by atoms with Crippen LogP contribution in [0.1, 0.15) is 15.9 Å². The number of nitrogens with zero attached hydrogens (tertiary/aromatic N) is 1. The summed E-state index contributed by atoms with van der Waals surface area (Å²) in [7, 11) is 0. The number of likely N-dealkylation sites (tertiary alicyclic amines) is 1. The van der Waals surface area contributed by atoms with Gasteiger partial charge in [-0.25, -0.2) is 0 Å². The van der Waals surface area contributed by atoms with E-state index in [9.17, 15) is 18.0 Å². The average Bonchev–Trinajstić information content (AvgIpc) is 2.23. The molecule has 0 spiro atoms. The Labute approximate surface area is 110 Å². The first-order valence-corrected chi connectivity index (χ1v) is 6.00. The zero-order valence-electron chi connectivity index (χ0n) is 9.17. The second-order valence-electron chi connectivity index (χ2n) is 4.16. The molecule has 0 saturated carbocycles. The lowest BCUT2D eigenvalue weighted by molar-refractivity contribution is -0.138. The van der Waals surface area contributed by atoms with Gasteiger partial charge in [0, 0.05) is 29.2 Å². The zero-order chi connectivity index (χ0) is 13.5. The molecule has 2 N–H and O–H groups in total. The molecule has 0 radical (unpaired) electrons. The number of benzene rings is 1. The molecule has 0 atom stereocenters. The number of halogens is 4. The molecule has 1 aromatic carbocycles. The van der Waals surface area contributed by atoms with Gasteiger partial charge in [-0.05, 0) is 18.2 Å². The van der Waals surface area contributed by atoms with Gasteiger partial charge in [0.25, 0.3) is 5.91 Å². The summed E-state index contributed by atoms with van der Waals surface area (Å²) in [5, 5.41) is 0. The highest BCUT2D eigenvalue weighted by atomic mass is 79.9. The van der Waals surface area contributed by atoms with Crippen LogP contribution in [-0.2, 0) is 6.18 Å². The van der Waals surface area contributed by atoms with E-state index in [1.54, 1.807) is 0 Å². The van der Waals surface area contributed by atoms with E-state index in [2.05, 4.69) is 15.9 Å². The Kier molecular flexibility index (Phi) is 3.37. The van der Waals surface area contributed by atoms with Crippen LogP contribution in [0.15, 0.2) is 22.7 Å². The Bertz CT molecular complexity index is 484. The summed E-state index contributed by atoms with van der Waals surface area (Å²) in [6.45, 7) is 0.770. The van der Waals surface area contributed by atoms with E-state index in [1.165, 1.54) is 17.0 Å². The van der Waals surface area contributed by atoms with Crippen molar-refractivity contribution in [1.29, 1.82) is 0 Å². The Hall–Kier alpha value is -1.08. The van der Waals surface area contributed by atoms with Crippen molar-refractivity contribution >= 4 is 21.8 Å². The predicted molar refractivity (Wildman–Crippen MR) is 63.0 cm³/mol. The molecule has 1 heterocycles. The zero-order valence-corrected chi connectivity index (χ0v) is 10.8. The average molecular weight is 323 g/mol. The van der Waals surface area contributed by atoms with Crippen LogP contribution in [0.5, 0.6) is 0 Å². The molecule has 2 rings (SSSR count). The van der Waals surface area contributed by atoms with E-state index in [4.69, 9.17) is 5.73 Å². The molecule has 98 valence electrons. The smallest absolute Gasteiger partial charge is 0.335 e. The number of rotatable bonds is 1. The lowest BCUT2D eigenvalue weighted by Gasteiger charge is -2.37. The van der Waals surface area contributed by atoms with Gasteiger partial charge >= 0.3 is 6.18 Å². The Morgan fingerprint density at radius 2 is 2.00 bits per heavy atom. The molecule has 0 aromatic heterocycles. The van der Waals surface area contributed by atoms with Crippen LogP contribution >= 0.6 is 15.9 Å². The van der Waals surface area contributed by atoms with Gasteiger partial charge in [0.15, 0.2) is 0 Å². The summed E-state index contributed by atoms with van der Waals surface area (Å²) in [6, 6.07) is 3.38. The molecule has 1 amide bonds. The van der Waals surface area contributed by atoms with Gasteiger partial charge in [-0.15, -0.1) is 0 Å². The van der Waals surface area contributed by atoms with Crippen LogP contribution in [0.25, 0.3) is 0 Å². The van der Waals surface area contributed by atoms with Crippen molar-refractivity contribution in [2.24, 2.45) is 5.73 Å². The number of alkyl halides is 3. The van der Waals surface area contributed by atoms with Crippen LogP contribution in [0.2, 0.25) is 0 Å². The number of amides is 1. The van der Waals surface area contributed by atoms with Gasteiger partial charge in [-0.3, -0.25) is 4.79 Å². The fraction of sp³-hybridized carbons (Fsp3) is 0.364. The standard InChI is InChI=1S/C11H10BrF3N2O/c12-9-2-1-6(3-8(9)11(13,14)15)10(18)17-4-7(16)5-17/h1-3,7H,4-5,16H2. The highest BCUT2D eigenvalue weighted by molar-refractivity contribution is 9.10. The molecule has 7 heteroatoms. The van der Waals surface area contributed by atoms with Crippen LogP contribution in [0.3, 0.4) is 0 Å². The van der Waals surface area contributed by atoms with Crippen LogP contribution in [-0.4, -0.2) is 29.9 Å². The summed E-state index contributed by atoms with van der Waals surface area (Å²) >= 11 is 2.83. The molecule has 0 bridgehead atoms. The number of carbonyl (C=O) groups is 1. The molecule has 1 aromatic rings. The molecular formula is C11H10BrF3N2O. The quantitative estimate of drug-likeness (QED) is 0.862. The van der Waals surface area contributed by atoms with Crippen molar-refractivity contribution in [3.05, 3.63) is 33.8 Å². The summed E-state index contributed by atoms with van der Waals surface area (Å²) in [6.07, 6.45) is -4.49. The summed E-state index contributed by atoms with van der Waals surface area (Å²) in [5.41, 5.74) is 4.70. The van der Waals surface area contributed by atoms with Crippen molar-refractivity contribution < 1.29 is 18.0 Å². The van der Waals surface area contributed by atoms with Crippen molar-refractivity contribution in [1.82, 2.24) is 4.90 Å². The van der Waals surface area contributed by atoms with Crippen molar-refractivity contribution in [2.75, 3.05) is 13.1 Å². The third-order valence-corrected chi connectivity index (χ3v) is 3.41. The Morgan fingerprint density at radius 3 is 2.50 bits per heavy atom. The number of nitrogens with two attached hydrogens (primary N) is 1. The number of hydrogen-bond donors (Lipinski definition) is 1. The summed E-state index contributed by atoms with van der Waals surface area (Å²) in [5.74, 6) is -0.422. The maximum absolute atomic E-state index is 12.7. The normalized spacial score (nSPS) is 16.6. The number of hydrogen-bond acceptors (Lipinski definition) is 2. The van der Waals surface area contributed by atoms with Gasteiger partial charge in [0.2, 0.25) is 0 Å². The monoisotopic (exact) mass is 322 g/mol. The Morgan fingerprint density at radius 1 is 1.39 bits per heavy atom. The van der Waals surface area contributed by atoms with E-state index < -0.39 is 17.6 Å².